The van der Waals surface area contributed by atoms with E-state index in [1.807, 2.05) is 30.3 Å². The third kappa shape index (κ3) is 4.25. The molecule has 0 fully saturated rings. The van der Waals surface area contributed by atoms with Crippen LogP contribution in [-0.4, -0.2) is 45.3 Å². The molecule has 0 spiro atoms. The molecule has 5 rings (SSSR count). The van der Waals surface area contributed by atoms with Crippen molar-refractivity contribution in [3.8, 4) is 11.4 Å². The first-order valence-electron chi connectivity index (χ1n) is 11.7. The fraction of sp³-hybridized carbons (Fsp3) is 0.250. The second-order valence-corrected chi connectivity index (χ2v) is 8.94. The lowest BCUT2D eigenvalue weighted by atomic mass is 9.98. The molecule has 1 aromatic heterocycles. The largest absolute Gasteiger partial charge is 0.478 e. The number of carbonyl (C=O) groups excluding carboxylic acids is 1. The Morgan fingerprint density at radius 3 is 2.49 bits per heavy atom. The van der Waals surface area contributed by atoms with Crippen LogP contribution < -0.4 is 0 Å². The number of aromatic carboxylic acids is 1. The first-order chi connectivity index (χ1) is 17.0. The molecule has 0 bridgehead atoms. The molecule has 7 heteroatoms. The molecule has 2 heterocycles. The van der Waals surface area contributed by atoms with Gasteiger partial charge in [0.05, 0.1) is 30.3 Å². The van der Waals surface area contributed by atoms with Crippen LogP contribution in [0.15, 0.2) is 66.7 Å². The van der Waals surface area contributed by atoms with E-state index >= 15 is 0 Å². The first kappa shape index (κ1) is 22.7. The minimum Gasteiger partial charge on any atom is -0.478 e. The van der Waals surface area contributed by atoms with Gasteiger partial charge in [0.1, 0.15) is 5.82 Å². The molecule has 0 saturated heterocycles. The van der Waals surface area contributed by atoms with Crippen LogP contribution in [0.2, 0.25) is 0 Å². The zero-order valence-electron chi connectivity index (χ0n) is 19.8. The van der Waals surface area contributed by atoms with Crippen LogP contribution in [0, 0.1) is 0 Å². The van der Waals surface area contributed by atoms with E-state index in [1.54, 1.807) is 17.0 Å². The van der Waals surface area contributed by atoms with Crippen molar-refractivity contribution in [2.45, 2.75) is 32.4 Å². The summed E-state index contributed by atoms with van der Waals surface area (Å²) in [6.45, 7) is 3.23. The molecule has 7 nitrogen and oxygen atoms in total. The molecule has 1 amide bonds. The second-order valence-electron chi connectivity index (χ2n) is 8.94. The number of rotatable bonds is 5. The van der Waals surface area contributed by atoms with Gasteiger partial charge in [-0.1, -0.05) is 48.5 Å². The Hall–Kier alpha value is -4.13. The van der Waals surface area contributed by atoms with Crippen LogP contribution in [0.5, 0.6) is 0 Å². The van der Waals surface area contributed by atoms with E-state index in [2.05, 4.69) is 35.8 Å². The van der Waals surface area contributed by atoms with Crippen LogP contribution in [0.4, 0.5) is 4.79 Å². The summed E-state index contributed by atoms with van der Waals surface area (Å²) in [5.41, 5.74) is 6.40. The Morgan fingerprint density at radius 2 is 1.80 bits per heavy atom. The second kappa shape index (κ2) is 9.25. The fourth-order valence-corrected chi connectivity index (χ4v) is 4.94. The number of carboxylic acid groups (broad SMARTS) is 1. The molecule has 0 radical (unpaired) electrons. The van der Waals surface area contributed by atoms with Gasteiger partial charge in [0.15, 0.2) is 0 Å². The fourth-order valence-electron chi connectivity index (χ4n) is 4.94. The van der Waals surface area contributed by atoms with Gasteiger partial charge in [0.2, 0.25) is 0 Å². The number of carboxylic acids is 1. The molecule has 178 valence electrons. The van der Waals surface area contributed by atoms with Crippen molar-refractivity contribution in [1.29, 1.82) is 0 Å². The molecule has 1 aliphatic heterocycles. The van der Waals surface area contributed by atoms with Crippen LogP contribution in [0.1, 0.15) is 40.0 Å². The summed E-state index contributed by atoms with van der Waals surface area (Å²) in [7, 11) is 1.40. The predicted molar refractivity (Wildman–Crippen MR) is 134 cm³/mol. The maximum Gasteiger partial charge on any atom is 0.409 e. The maximum atomic E-state index is 12.2. The van der Waals surface area contributed by atoms with Gasteiger partial charge >= 0.3 is 12.1 Å². The van der Waals surface area contributed by atoms with Crippen LogP contribution in [-0.2, 0) is 24.1 Å². The standard InChI is InChI=1S/C28H27N3O4/c1-18(16-19-6-4-3-5-7-19)31-24-13-12-20-14-15-30(28(34)35-2)17-23(20)25(24)29-26(31)21-8-10-22(11-9-21)27(32)33/h3-13,18H,14-17H2,1-2H3,(H,32,33)/t18-/m1/s1. The lowest BCUT2D eigenvalue weighted by Gasteiger charge is -2.28. The summed E-state index contributed by atoms with van der Waals surface area (Å²) >= 11 is 0. The van der Waals surface area contributed by atoms with Gasteiger partial charge in [-0.25, -0.2) is 14.6 Å². The summed E-state index contributed by atoms with van der Waals surface area (Å²) in [4.78, 5) is 30.4. The van der Waals surface area contributed by atoms with E-state index < -0.39 is 5.97 Å². The number of imidazole rings is 1. The van der Waals surface area contributed by atoms with Gasteiger partial charge in [-0.15, -0.1) is 0 Å². The van der Waals surface area contributed by atoms with Crippen molar-refractivity contribution < 1.29 is 19.4 Å². The lowest BCUT2D eigenvalue weighted by molar-refractivity contribution is 0.0696. The third-order valence-electron chi connectivity index (χ3n) is 6.70. The van der Waals surface area contributed by atoms with Crippen LogP contribution in [0.3, 0.4) is 0 Å². The van der Waals surface area contributed by atoms with Gasteiger partial charge in [-0.05, 0) is 49.1 Å². The van der Waals surface area contributed by atoms with E-state index in [1.165, 1.54) is 18.2 Å². The van der Waals surface area contributed by atoms with Crippen LogP contribution >= 0.6 is 0 Å². The van der Waals surface area contributed by atoms with E-state index in [-0.39, 0.29) is 17.7 Å². The zero-order chi connectivity index (χ0) is 24.5. The number of methoxy groups -OCH3 is 1. The number of hydrogen-bond donors (Lipinski definition) is 1. The smallest absolute Gasteiger partial charge is 0.409 e. The highest BCUT2D eigenvalue weighted by Crippen LogP contribution is 2.35. The Morgan fingerprint density at radius 1 is 1.06 bits per heavy atom. The normalized spacial score (nSPS) is 13.9. The number of benzene rings is 3. The minimum atomic E-state index is -0.959. The molecule has 3 aromatic carbocycles. The van der Waals surface area contributed by atoms with Gasteiger partial charge in [-0.2, -0.15) is 0 Å². The van der Waals surface area contributed by atoms with Crippen molar-refractivity contribution in [2.75, 3.05) is 13.7 Å². The Bertz CT molecular complexity index is 1390. The molecule has 0 unspecified atom stereocenters. The van der Waals surface area contributed by atoms with E-state index in [4.69, 9.17) is 9.72 Å². The van der Waals surface area contributed by atoms with E-state index in [0.717, 1.165) is 40.8 Å². The highest BCUT2D eigenvalue weighted by atomic mass is 16.5. The molecule has 4 aromatic rings. The highest BCUT2D eigenvalue weighted by molar-refractivity contribution is 5.89. The van der Waals surface area contributed by atoms with Crippen molar-refractivity contribution in [1.82, 2.24) is 14.5 Å². The van der Waals surface area contributed by atoms with Crippen molar-refractivity contribution >= 4 is 23.1 Å². The van der Waals surface area contributed by atoms with Gasteiger partial charge in [-0.3, -0.25) is 0 Å². The SMILES string of the molecule is COC(=O)N1CCc2ccc3c(nc(-c4ccc(C(=O)O)cc4)n3[C@H](C)Cc3ccccc3)c2C1. The third-order valence-corrected chi connectivity index (χ3v) is 6.70. The summed E-state index contributed by atoms with van der Waals surface area (Å²) in [6.07, 6.45) is 1.22. The average Bonchev–Trinajstić information content (AvgIpc) is 3.29. The van der Waals surface area contributed by atoms with Crippen LogP contribution in [0.25, 0.3) is 22.4 Å². The molecular weight excluding hydrogens is 442 g/mol. The molecule has 1 atom stereocenters. The van der Waals surface area contributed by atoms with Gasteiger partial charge in [0, 0.05) is 23.7 Å². The Kier molecular flexibility index (Phi) is 5.99. The minimum absolute atomic E-state index is 0.0925. The number of carbonyl (C=O) groups is 2. The van der Waals surface area contributed by atoms with E-state index in [0.29, 0.717) is 13.1 Å². The molecule has 0 saturated carbocycles. The first-order valence-corrected chi connectivity index (χ1v) is 11.7. The summed E-state index contributed by atoms with van der Waals surface area (Å²) in [5.74, 6) is -0.177. The van der Waals surface area contributed by atoms with E-state index in [9.17, 15) is 14.7 Å². The number of amides is 1. The number of nitrogens with zero attached hydrogens (tertiary/aromatic N) is 3. The summed E-state index contributed by atoms with van der Waals surface area (Å²) < 4.78 is 7.20. The Labute approximate surface area is 203 Å². The molecular formula is C28H27N3O4. The average molecular weight is 470 g/mol. The lowest BCUT2D eigenvalue weighted by Crippen LogP contribution is -2.35. The molecule has 0 aliphatic carbocycles. The highest BCUT2D eigenvalue weighted by Gasteiger charge is 2.27. The number of aromatic nitrogens is 2. The van der Waals surface area contributed by atoms with Crippen molar-refractivity contribution in [3.63, 3.8) is 0 Å². The topological polar surface area (TPSA) is 84.7 Å². The maximum absolute atomic E-state index is 12.2. The summed E-state index contributed by atoms with van der Waals surface area (Å²) in [5, 5.41) is 9.33. The predicted octanol–water partition coefficient (Wildman–Crippen LogP) is 5.33. The number of ether oxygens (including phenoxy) is 1. The number of fused-ring (bicyclic) bond motifs is 3. The number of hydrogen-bond acceptors (Lipinski definition) is 4. The monoisotopic (exact) mass is 469 g/mol. The zero-order valence-corrected chi connectivity index (χ0v) is 19.8. The molecule has 35 heavy (non-hydrogen) atoms. The van der Waals surface area contributed by atoms with Crippen molar-refractivity contribution in [2.24, 2.45) is 0 Å². The van der Waals surface area contributed by atoms with Gasteiger partial charge in [0.25, 0.3) is 0 Å². The molecule has 1 N–H and O–H groups in total. The van der Waals surface area contributed by atoms with Gasteiger partial charge < -0.3 is 19.3 Å². The van der Waals surface area contributed by atoms with Crippen molar-refractivity contribution in [3.05, 3.63) is 89.0 Å². The Balaban J connectivity index is 1.65. The quantitative estimate of drug-likeness (QED) is 0.427. The molecule has 1 aliphatic rings. The summed E-state index contributed by atoms with van der Waals surface area (Å²) in [6, 6.07) is 21.5.